The van der Waals surface area contributed by atoms with E-state index in [4.69, 9.17) is 14.2 Å². The van der Waals surface area contributed by atoms with Gasteiger partial charge in [0.05, 0.1) is 42.4 Å². The zero-order chi connectivity index (χ0) is 37.8. The van der Waals surface area contributed by atoms with Crippen LogP contribution < -0.4 is 19.3 Å². The number of ether oxygens (including phenoxy) is 3. The van der Waals surface area contributed by atoms with Gasteiger partial charge in [0, 0.05) is 48.5 Å². The average Bonchev–Trinajstić information content (AvgIpc) is 3.78. The normalized spacial score (nSPS) is 21.9. The van der Waals surface area contributed by atoms with Crippen molar-refractivity contribution in [1.82, 2.24) is 15.0 Å². The summed E-state index contributed by atoms with van der Waals surface area (Å²) in [6.45, 7) is 6.48. The van der Waals surface area contributed by atoms with Crippen LogP contribution in [0.25, 0.3) is 0 Å². The number of anilines is 3. The number of aliphatic hydroxyl groups is 1. The van der Waals surface area contributed by atoms with Crippen LogP contribution in [0.3, 0.4) is 0 Å². The van der Waals surface area contributed by atoms with E-state index in [1.54, 1.807) is 39.9 Å². The SMILES string of the molecule is COc1ccc2c(c1)[C@]1(O[C@@H](CCn3cc(CCO)nn3)[C@H]([Si](C)(C)O)[C@H]1C)C(=O)N2Cc1cccc(N2C(=O)c3ccccc3Oc3ccccc32)c1. The van der Waals surface area contributed by atoms with Crippen LogP contribution >= 0.6 is 0 Å². The van der Waals surface area contributed by atoms with Gasteiger partial charge in [0.2, 0.25) is 0 Å². The Balaban J connectivity index is 1.15. The molecule has 4 heterocycles. The molecule has 5 aromatic rings. The number of aryl methyl sites for hydroxylation is 1. The molecule has 1 fully saturated rings. The van der Waals surface area contributed by atoms with Crippen molar-refractivity contribution in [2.45, 2.75) is 63.2 Å². The van der Waals surface area contributed by atoms with E-state index < -0.39 is 20.0 Å². The molecule has 13 heteroatoms. The zero-order valence-electron chi connectivity index (χ0n) is 30.7. The lowest BCUT2D eigenvalue weighted by Gasteiger charge is -2.32. The van der Waals surface area contributed by atoms with E-state index in [1.165, 1.54) is 0 Å². The van der Waals surface area contributed by atoms with Crippen molar-refractivity contribution < 1.29 is 33.7 Å². The molecule has 1 spiro atoms. The fourth-order valence-electron chi connectivity index (χ4n) is 8.59. The van der Waals surface area contributed by atoms with Gasteiger partial charge in [-0.05, 0) is 79.7 Å². The summed E-state index contributed by atoms with van der Waals surface area (Å²) in [5, 5.41) is 17.7. The van der Waals surface area contributed by atoms with Crippen molar-refractivity contribution in [2.75, 3.05) is 23.5 Å². The lowest BCUT2D eigenvalue weighted by molar-refractivity contribution is -0.146. The predicted octanol–water partition coefficient (Wildman–Crippen LogP) is 6.34. The number of benzene rings is 4. The molecule has 3 aliphatic rings. The third-order valence-electron chi connectivity index (χ3n) is 10.9. The minimum atomic E-state index is -2.90. The quantitative estimate of drug-likeness (QED) is 0.157. The first-order chi connectivity index (χ1) is 26.0. The first-order valence-electron chi connectivity index (χ1n) is 18.2. The van der Waals surface area contributed by atoms with Gasteiger partial charge in [-0.3, -0.25) is 19.2 Å². The molecule has 54 heavy (non-hydrogen) atoms. The van der Waals surface area contributed by atoms with Gasteiger partial charge in [-0.1, -0.05) is 48.5 Å². The summed E-state index contributed by atoms with van der Waals surface area (Å²) in [4.78, 5) is 44.4. The van der Waals surface area contributed by atoms with E-state index in [1.807, 2.05) is 98.9 Å². The van der Waals surface area contributed by atoms with E-state index in [2.05, 4.69) is 10.3 Å². The van der Waals surface area contributed by atoms with Gasteiger partial charge in [-0.25, -0.2) is 0 Å². The largest absolute Gasteiger partial charge is 0.497 e. The molecular weight excluding hydrogens is 703 g/mol. The van der Waals surface area contributed by atoms with Gasteiger partial charge >= 0.3 is 0 Å². The van der Waals surface area contributed by atoms with Crippen molar-refractivity contribution in [3.8, 4) is 17.2 Å². The molecule has 4 atom stereocenters. The molecule has 0 saturated carbocycles. The van der Waals surface area contributed by atoms with Crippen molar-refractivity contribution in [2.24, 2.45) is 5.92 Å². The van der Waals surface area contributed by atoms with Crippen molar-refractivity contribution in [1.29, 1.82) is 0 Å². The first kappa shape index (κ1) is 35.7. The number of nitrogens with zero attached hydrogens (tertiary/aromatic N) is 5. The standard InChI is InChI=1S/C41H43N5O7Si/c1-26-38(54(3,4)50)37(18-20-44-25-28(19-21-47)42-43-44)53-41(26)32-23-30(51-2)16-17-33(32)45(40(41)49)24-27-10-9-11-29(22-27)46-34-13-6-8-15-36(34)52-35-14-7-5-12-31(35)39(46)48/h5-17,22-23,25-26,37-38,47,50H,18-21,24H2,1-4H3/t26-,37+,38-,41+/m1/s1. The van der Waals surface area contributed by atoms with Crippen LogP contribution in [0.1, 0.15) is 40.5 Å². The van der Waals surface area contributed by atoms with E-state index in [-0.39, 0.29) is 36.4 Å². The third kappa shape index (κ3) is 5.97. The molecule has 1 aromatic heterocycles. The molecule has 1 saturated heterocycles. The number of fused-ring (bicyclic) bond motifs is 4. The van der Waals surface area contributed by atoms with Crippen LogP contribution in [-0.2, 0) is 34.6 Å². The Morgan fingerprint density at radius 3 is 2.50 bits per heavy atom. The van der Waals surface area contributed by atoms with Crippen LogP contribution in [-0.4, -0.2) is 64.8 Å². The van der Waals surface area contributed by atoms with Gasteiger partial charge in [0.25, 0.3) is 11.8 Å². The van der Waals surface area contributed by atoms with E-state index in [0.29, 0.717) is 70.5 Å². The number of methoxy groups -OCH3 is 1. The summed E-state index contributed by atoms with van der Waals surface area (Å²) in [6, 6.07) is 27.9. The van der Waals surface area contributed by atoms with Crippen molar-refractivity contribution >= 4 is 37.2 Å². The van der Waals surface area contributed by atoms with Gasteiger partial charge in [0.15, 0.2) is 19.7 Å². The van der Waals surface area contributed by atoms with Gasteiger partial charge in [-0.2, -0.15) is 0 Å². The number of carbonyl (C=O) groups excluding carboxylic acids is 2. The molecule has 2 amide bonds. The monoisotopic (exact) mass is 745 g/mol. The smallest absolute Gasteiger partial charge is 0.266 e. The summed E-state index contributed by atoms with van der Waals surface area (Å²) in [6.07, 6.45) is 2.28. The Bertz CT molecular complexity index is 2240. The number of para-hydroxylation sites is 3. The van der Waals surface area contributed by atoms with Crippen molar-refractivity contribution in [3.05, 3.63) is 120 Å². The van der Waals surface area contributed by atoms with Crippen LogP contribution in [0.2, 0.25) is 18.6 Å². The molecule has 0 radical (unpaired) electrons. The fraction of sp³-hybridized carbons (Fsp3) is 0.317. The van der Waals surface area contributed by atoms with Crippen LogP contribution in [0, 0.1) is 5.92 Å². The average molecular weight is 746 g/mol. The third-order valence-corrected chi connectivity index (χ3v) is 13.4. The second kappa shape index (κ2) is 13.8. The molecule has 0 bridgehead atoms. The van der Waals surface area contributed by atoms with Crippen LogP contribution in [0.4, 0.5) is 17.1 Å². The Morgan fingerprint density at radius 2 is 1.72 bits per heavy atom. The number of aliphatic hydroxyl groups excluding tert-OH is 1. The Kier molecular flexibility index (Phi) is 9.13. The van der Waals surface area contributed by atoms with Crippen molar-refractivity contribution in [3.63, 3.8) is 0 Å². The molecule has 12 nitrogen and oxygen atoms in total. The summed E-state index contributed by atoms with van der Waals surface area (Å²) in [5.74, 6) is 0.841. The Labute approximate surface area is 314 Å². The molecule has 3 aliphatic heterocycles. The maximum Gasteiger partial charge on any atom is 0.266 e. The number of hydrogen-bond donors (Lipinski definition) is 2. The highest BCUT2D eigenvalue weighted by atomic mass is 28.4. The molecule has 2 N–H and O–H groups in total. The lowest BCUT2D eigenvalue weighted by atomic mass is 9.82. The number of aromatic nitrogens is 3. The summed E-state index contributed by atoms with van der Waals surface area (Å²) < 4.78 is 20.6. The Hall–Kier alpha value is -5.34. The number of amides is 2. The minimum Gasteiger partial charge on any atom is -0.497 e. The highest BCUT2D eigenvalue weighted by Crippen LogP contribution is 2.60. The van der Waals surface area contributed by atoms with E-state index in [0.717, 1.165) is 5.56 Å². The number of hydrogen-bond acceptors (Lipinski definition) is 9. The molecule has 0 unspecified atom stereocenters. The van der Waals surface area contributed by atoms with E-state index >= 15 is 4.79 Å². The van der Waals surface area contributed by atoms with Gasteiger partial charge in [-0.15, -0.1) is 5.10 Å². The van der Waals surface area contributed by atoms with Gasteiger partial charge in [0.1, 0.15) is 11.5 Å². The lowest BCUT2D eigenvalue weighted by Crippen LogP contribution is -2.46. The maximum atomic E-state index is 15.1. The van der Waals surface area contributed by atoms with Gasteiger partial charge < -0.3 is 29.0 Å². The van der Waals surface area contributed by atoms with Crippen LogP contribution in [0.5, 0.6) is 17.2 Å². The molecular formula is C41H43N5O7Si. The topological polar surface area (TPSA) is 139 Å². The second-order valence-electron chi connectivity index (χ2n) is 14.7. The molecule has 0 aliphatic carbocycles. The summed E-state index contributed by atoms with van der Waals surface area (Å²) >= 11 is 0. The first-order valence-corrected chi connectivity index (χ1v) is 21.3. The molecule has 278 valence electrons. The number of rotatable bonds is 10. The summed E-state index contributed by atoms with van der Waals surface area (Å²) in [7, 11) is -1.31. The fourth-order valence-corrected chi connectivity index (χ4v) is 11.2. The molecule has 8 rings (SSSR count). The predicted molar refractivity (Wildman–Crippen MR) is 205 cm³/mol. The summed E-state index contributed by atoms with van der Waals surface area (Å²) in [5.41, 5.74) is 2.96. The van der Waals surface area contributed by atoms with Crippen LogP contribution in [0.15, 0.2) is 97.2 Å². The number of carbonyl (C=O) groups is 2. The molecule has 4 aromatic carbocycles. The minimum absolute atomic E-state index is 0.0174. The Morgan fingerprint density at radius 1 is 0.944 bits per heavy atom. The second-order valence-corrected chi connectivity index (χ2v) is 18.7. The van der Waals surface area contributed by atoms with E-state index in [9.17, 15) is 14.7 Å². The maximum absolute atomic E-state index is 15.1. The highest BCUT2D eigenvalue weighted by molar-refractivity contribution is 6.71. The highest BCUT2D eigenvalue weighted by Gasteiger charge is 2.66. The zero-order valence-corrected chi connectivity index (χ0v) is 31.7.